The Bertz CT molecular complexity index is 1200. The monoisotopic (exact) mass is 450 g/mol. The Labute approximate surface area is 191 Å². The molecule has 31 heavy (non-hydrogen) atoms. The van der Waals surface area contributed by atoms with E-state index in [9.17, 15) is 4.79 Å². The van der Waals surface area contributed by atoms with Crippen molar-refractivity contribution in [3.63, 3.8) is 0 Å². The zero-order chi connectivity index (χ0) is 20.5. The molecule has 0 saturated heterocycles. The maximum Gasteiger partial charge on any atom is 0.268 e. The number of amides is 1. The number of carbonyl (C=O) groups is 1. The summed E-state index contributed by atoms with van der Waals surface area (Å²) < 4.78 is 4.42. The molecule has 0 bridgehead atoms. The fraction of sp³-hybridized carbons (Fsp3) is 0.208. The highest BCUT2D eigenvalue weighted by Crippen LogP contribution is 2.26. The van der Waals surface area contributed by atoms with Gasteiger partial charge in [-0.25, -0.2) is 14.1 Å². The standard InChI is InChI=1S/C24H22N4OS.ClH/c1-17-9-11-18(12-10-17)20-16-30-24(25-20)26-22(29)15-27-14-21(19-6-3-2-4-7-19)28-13-5-8-23(27)28;/h2-4,6-7,9-12,14,16H,5,8,13,15H2,1H3;1H. The van der Waals surface area contributed by atoms with Crippen molar-refractivity contribution in [3.8, 4) is 22.5 Å². The minimum absolute atomic E-state index is 0. The summed E-state index contributed by atoms with van der Waals surface area (Å²) in [5.74, 6) is 1.16. The van der Waals surface area contributed by atoms with E-state index in [-0.39, 0.29) is 18.3 Å². The molecule has 2 aromatic carbocycles. The number of imidazole rings is 1. The number of hydrogen-bond acceptors (Lipinski definition) is 3. The molecule has 0 unspecified atom stereocenters. The summed E-state index contributed by atoms with van der Waals surface area (Å²) >= 11 is 1.46. The summed E-state index contributed by atoms with van der Waals surface area (Å²) in [7, 11) is 0. The van der Waals surface area contributed by atoms with Crippen molar-refractivity contribution in [3.05, 3.63) is 77.6 Å². The van der Waals surface area contributed by atoms with Crippen molar-refractivity contribution in [2.24, 2.45) is 0 Å². The second-order valence-corrected chi connectivity index (χ2v) is 8.49. The highest BCUT2D eigenvalue weighted by Gasteiger charge is 2.29. The van der Waals surface area contributed by atoms with E-state index in [1.807, 2.05) is 11.4 Å². The van der Waals surface area contributed by atoms with Crippen LogP contribution in [0.4, 0.5) is 5.13 Å². The average Bonchev–Trinajstić information content (AvgIpc) is 3.48. The van der Waals surface area contributed by atoms with E-state index >= 15 is 0 Å². The number of halogens is 1. The van der Waals surface area contributed by atoms with E-state index in [0.717, 1.165) is 30.6 Å². The first-order valence-electron chi connectivity index (χ1n) is 10.2. The lowest BCUT2D eigenvalue weighted by Crippen LogP contribution is -3.00. The second-order valence-electron chi connectivity index (χ2n) is 7.63. The van der Waals surface area contributed by atoms with Crippen LogP contribution < -0.4 is 22.3 Å². The van der Waals surface area contributed by atoms with Gasteiger partial charge in [-0.3, -0.25) is 10.1 Å². The maximum atomic E-state index is 12.7. The van der Waals surface area contributed by atoms with E-state index in [1.54, 1.807) is 0 Å². The van der Waals surface area contributed by atoms with Crippen molar-refractivity contribution < 1.29 is 21.8 Å². The fourth-order valence-corrected chi connectivity index (χ4v) is 4.72. The SMILES string of the molecule is Cc1ccc(-c2csc(NC(=O)C[n+]3cc(-c4ccccc4)n4c3CCC4)n2)cc1.[Cl-]. The van der Waals surface area contributed by atoms with Gasteiger partial charge in [-0.15, -0.1) is 11.3 Å². The third-order valence-corrected chi connectivity index (χ3v) is 6.23. The highest BCUT2D eigenvalue weighted by molar-refractivity contribution is 7.14. The van der Waals surface area contributed by atoms with Gasteiger partial charge in [0.05, 0.1) is 18.7 Å². The Morgan fingerprint density at radius 1 is 1.13 bits per heavy atom. The van der Waals surface area contributed by atoms with Crippen LogP contribution in [0.25, 0.3) is 22.5 Å². The minimum atomic E-state index is -0.0512. The van der Waals surface area contributed by atoms with Crippen molar-refractivity contribution in [1.82, 2.24) is 9.55 Å². The molecule has 0 atom stereocenters. The third kappa shape index (κ3) is 4.40. The summed E-state index contributed by atoms with van der Waals surface area (Å²) in [4.78, 5) is 17.3. The topological polar surface area (TPSA) is 50.8 Å². The molecule has 0 aliphatic carbocycles. The lowest BCUT2D eigenvalue weighted by molar-refractivity contribution is -0.690. The molecule has 7 heteroatoms. The fourth-order valence-electron chi connectivity index (χ4n) is 3.99. The molecule has 5 rings (SSSR count). The van der Waals surface area contributed by atoms with E-state index in [0.29, 0.717) is 11.7 Å². The number of hydrogen-bond donors (Lipinski definition) is 1. The number of nitrogens with zero attached hydrogens (tertiary/aromatic N) is 3. The molecule has 158 valence electrons. The molecule has 0 saturated carbocycles. The predicted octanol–water partition coefficient (Wildman–Crippen LogP) is 1.46. The minimum Gasteiger partial charge on any atom is -1.00 e. The van der Waals surface area contributed by atoms with Gasteiger partial charge in [0.2, 0.25) is 0 Å². The van der Waals surface area contributed by atoms with Gasteiger partial charge in [-0.1, -0.05) is 60.2 Å². The molecule has 3 heterocycles. The van der Waals surface area contributed by atoms with E-state index < -0.39 is 0 Å². The van der Waals surface area contributed by atoms with E-state index in [4.69, 9.17) is 0 Å². The number of benzene rings is 2. The molecule has 0 radical (unpaired) electrons. The Morgan fingerprint density at radius 2 is 1.90 bits per heavy atom. The van der Waals surface area contributed by atoms with Crippen LogP contribution in [-0.2, 0) is 24.3 Å². The number of fused-ring (bicyclic) bond motifs is 1. The quantitative estimate of drug-likeness (QED) is 0.468. The largest absolute Gasteiger partial charge is 1.00 e. The molecule has 5 nitrogen and oxygen atoms in total. The first-order valence-corrected chi connectivity index (χ1v) is 11.0. The first kappa shape index (κ1) is 21.3. The Kier molecular flexibility index (Phi) is 6.20. The Balaban J connectivity index is 0.00000231. The molecule has 0 fully saturated rings. The number of thiazole rings is 1. The van der Waals surface area contributed by atoms with Crippen LogP contribution in [0.1, 0.15) is 17.8 Å². The molecule has 2 aromatic heterocycles. The molecule has 1 aliphatic heterocycles. The zero-order valence-corrected chi connectivity index (χ0v) is 18.8. The van der Waals surface area contributed by atoms with Gasteiger partial charge >= 0.3 is 0 Å². The summed E-state index contributed by atoms with van der Waals surface area (Å²) in [6.07, 6.45) is 4.21. The third-order valence-electron chi connectivity index (χ3n) is 5.48. The van der Waals surface area contributed by atoms with Gasteiger partial charge in [0.25, 0.3) is 11.7 Å². The van der Waals surface area contributed by atoms with Crippen LogP contribution in [0.15, 0.2) is 66.2 Å². The van der Waals surface area contributed by atoms with Crippen LogP contribution >= 0.6 is 11.3 Å². The molecule has 1 aliphatic rings. The van der Waals surface area contributed by atoms with Gasteiger partial charge in [0.15, 0.2) is 17.4 Å². The Hall–Kier alpha value is -2.96. The Morgan fingerprint density at radius 3 is 2.68 bits per heavy atom. The predicted molar refractivity (Wildman–Crippen MR) is 119 cm³/mol. The van der Waals surface area contributed by atoms with Crippen LogP contribution in [-0.4, -0.2) is 15.5 Å². The number of anilines is 1. The van der Waals surface area contributed by atoms with Gasteiger partial charge in [0.1, 0.15) is 6.20 Å². The van der Waals surface area contributed by atoms with Crippen molar-refractivity contribution >= 4 is 22.4 Å². The highest BCUT2D eigenvalue weighted by atomic mass is 35.5. The molecular formula is C24H23ClN4OS. The van der Waals surface area contributed by atoms with Crippen molar-refractivity contribution in [2.75, 3.05) is 5.32 Å². The second kappa shape index (κ2) is 9.04. The maximum absolute atomic E-state index is 12.7. The van der Waals surface area contributed by atoms with Crippen LogP contribution in [0.5, 0.6) is 0 Å². The summed E-state index contributed by atoms with van der Waals surface area (Å²) in [5, 5.41) is 5.59. The zero-order valence-electron chi connectivity index (χ0n) is 17.2. The summed E-state index contributed by atoms with van der Waals surface area (Å²) in [6, 6.07) is 18.6. The molecule has 1 N–H and O–H groups in total. The first-order chi connectivity index (χ1) is 14.7. The van der Waals surface area contributed by atoms with E-state index in [1.165, 1.54) is 34.0 Å². The number of carbonyl (C=O) groups excluding carboxylic acids is 1. The average molecular weight is 451 g/mol. The lowest BCUT2D eigenvalue weighted by Gasteiger charge is -2.01. The van der Waals surface area contributed by atoms with Crippen LogP contribution in [0.2, 0.25) is 0 Å². The van der Waals surface area contributed by atoms with Gasteiger partial charge in [-0.2, -0.15) is 0 Å². The van der Waals surface area contributed by atoms with Crippen molar-refractivity contribution in [1.29, 1.82) is 0 Å². The number of rotatable bonds is 5. The summed E-state index contributed by atoms with van der Waals surface area (Å²) in [6.45, 7) is 3.36. The van der Waals surface area contributed by atoms with Crippen molar-refractivity contribution in [2.45, 2.75) is 32.9 Å². The lowest BCUT2D eigenvalue weighted by atomic mass is 10.1. The van der Waals surface area contributed by atoms with Crippen LogP contribution in [0, 0.1) is 6.92 Å². The number of aromatic nitrogens is 3. The smallest absolute Gasteiger partial charge is 0.268 e. The van der Waals surface area contributed by atoms with Gasteiger partial charge in [-0.05, 0) is 13.3 Å². The summed E-state index contributed by atoms with van der Waals surface area (Å²) in [5.41, 5.74) is 5.52. The van der Waals surface area contributed by atoms with Crippen LogP contribution in [0.3, 0.4) is 0 Å². The van der Waals surface area contributed by atoms with E-state index in [2.05, 4.69) is 81.1 Å². The molecule has 0 spiro atoms. The normalized spacial score (nSPS) is 12.3. The number of nitrogens with one attached hydrogen (secondary N) is 1. The molecule has 1 amide bonds. The van der Waals surface area contributed by atoms with Gasteiger partial charge in [0, 0.05) is 16.5 Å². The molecular weight excluding hydrogens is 428 g/mol. The number of aryl methyl sites for hydroxylation is 1. The molecule has 4 aromatic rings. The van der Waals surface area contributed by atoms with Gasteiger partial charge < -0.3 is 12.4 Å².